The summed E-state index contributed by atoms with van der Waals surface area (Å²) in [5.74, 6) is -0.323. The first-order valence-corrected chi connectivity index (χ1v) is 12.0. The Hall–Kier alpha value is -2.60. The lowest BCUT2D eigenvalue weighted by molar-refractivity contribution is -0.136. The SMILES string of the molecule is CNC(=O)c1csc2c(C(F)(F)F)cc(N3CCC(OC(=O)N4CCC[C@@H]4COC)CC3)nc12. The first kappa shape index (κ1) is 24.5. The summed E-state index contributed by atoms with van der Waals surface area (Å²) in [6, 6.07) is 1.05. The molecule has 2 aliphatic heterocycles. The molecule has 0 radical (unpaired) electrons. The van der Waals surface area contributed by atoms with Gasteiger partial charge >= 0.3 is 12.3 Å². The molecule has 0 saturated carbocycles. The molecule has 0 spiro atoms. The minimum Gasteiger partial charge on any atom is -0.446 e. The molecule has 34 heavy (non-hydrogen) atoms. The zero-order valence-electron chi connectivity index (χ0n) is 19.0. The number of piperidine rings is 1. The van der Waals surface area contributed by atoms with E-state index in [1.807, 2.05) is 0 Å². The van der Waals surface area contributed by atoms with E-state index in [-0.39, 0.29) is 39.8 Å². The molecule has 0 bridgehead atoms. The number of hydrogen-bond acceptors (Lipinski definition) is 7. The van der Waals surface area contributed by atoms with E-state index >= 15 is 0 Å². The van der Waals surface area contributed by atoms with E-state index in [4.69, 9.17) is 9.47 Å². The number of hydrogen-bond donors (Lipinski definition) is 1. The quantitative estimate of drug-likeness (QED) is 0.671. The average Bonchev–Trinajstić information content (AvgIpc) is 3.45. The molecule has 0 aromatic carbocycles. The number of ether oxygens (including phenoxy) is 2. The molecule has 0 aliphatic carbocycles. The molecule has 2 amide bonds. The Balaban J connectivity index is 1.48. The minimum atomic E-state index is -4.58. The minimum absolute atomic E-state index is 0.00873. The van der Waals surface area contributed by atoms with Crippen LogP contribution in [0.4, 0.5) is 23.8 Å². The van der Waals surface area contributed by atoms with Gasteiger partial charge in [-0.25, -0.2) is 9.78 Å². The third-order valence-electron chi connectivity index (χ3n) is 6.29. The summed E-state index contributed by atoms with van der Waals surface area (Å²) in [5.41, 5.74) is -0.643. The number of likely N-dealkylation sites (tertiary alicyclic amines) is 1. The highest BCUT2D eigenvalue weighted by Crippen LogP contribution is 2.40. The average molecular weight is 501 g/mol. The van der Waals surface area contributed by atoms with Crippen molar-refractivity contribution in [1.82, 2.24) is 15.2 Å². The number of thiophene rings is 1. The van der Waals surface area contributed by atoms with Crippen molar-refractivity contribution in [2.24, 2.45) is 0 Å². The number of halogens is 3. The van der Waals surface area contributed by atoms with Gasteiger partial charge in [-0.15, -0.1) is 11.3 Å². The van der Waals surface area contributed by atoms with Gasteiger partial charge in [-0.2, -0.15) is 13.2 Å². The van der Waals surface area contributed by atoms with E-state index in [0.29, 0.717) is 39.1 Å². The fourth-order valence-corrected chi connectivity index (χ4v) is 5.54. The van der Waals surface area contributed by atoms with Crippen molar-refractivity contribution in [3.05, 3.63) is 22.6 Å². The van der Waals surface area contributed by atoms with E-state index < -0.39 is 17.6 Å². The van der Waals surface area contributed by atoms with Gasteiger partial charge < -0.3 is 24.6 Å². The molecule has 4 rings (SSSR count). The lowest BCUT2D eigenvalue weighted by Crippen LogP contribution is -2.43. The molecule has 4 heterocycles. The van der Waals surface area contributed by atoms with Crippen LogP contribution in [0.25, 0.3) is 10.2 Å². The standard InChI is InChI=1S/C22H27F3N4O4S/c1-26-20(30)15-12-34-19-16(22(23,24)25)10-17(27-18(15)19)28-8-5-14(6-9-28)33-21(31)29-7-3-4-13(29)11-32-2/h10,12-14H,3-9,11H2,1-2H3,(H,26,30)/t13-/m1/s1. The summed E-state index contributed by atoms with van der Waals surface area (Å²) in [6.07, 6.45) is -2.55. The first-order chi connectivity index (χ1) is 16.2. The third-order valence-corrected chi connectivity index (χ3v) is 7.29. The van der Waals surface area contributed by atoms with Crippen LogP contribution in [-0.4, -0.2) is 74.4 Å². The number of rotatable bonds is 5. The predicted molar refractivity (Wildman–Crippen MR) is 121 cm³/mol. The highest BCUT2D eigenvalue weighted by molar-refractivity contribution is 7.17. The molecule has 12 heteroatoms. The number of nitrogens with zero attached hydrogens (tertiary/aromatic N) is 3. The molecule has 2 fully saturated rings. The number of pyridine rings is 1. The molecule has 1 atom stereocenters. The Morgan fingerprint density at radius 2 is 1.97 bits per heavy atom. The van der Waals surface area contributed by atoms with Crippen LogP contribution in [0.2, 0.25) is 0 Å². The Kier molecular flexibility index (Phi) is 7.17. The zero-order chi connectivity index (χ0) is 24.5. The van der Waals surface area contributed by atoms with Gasteiger partial charge in [0, 0.05) is 52.0 Å². The number of anilines is 1. The Morgan fingerprint density at radius 1 is 1.24 bits per heavy atom. The highest BCUT2D eigenvalue weighted by Gasteiger charge is 2.37. The number of aromatic nitrogens is 1. The smallest absolute Gasteiger partial charge is 0.417 e. The number of fused-ring (bicyclic) bond motifs is 1. The number of alkyl halides is 3. The molecular weight excluding hydrogens is 473 g/mol. The molecule has 2 aromatic heterocycles. The summed E-state index contributed by atoms with van der Waals surface area (Å²) in [7, 11) is 3.02. The van der Waals surface area contributed by atoms with Crippen molar-refractivity contribution < 1.29 is 32.2 Å². The van der Waals surface area contributed by atoms with Crippen LogP contribution in [0.3, 0.4) is 0 Å². The number of nitrogens with one attached hydrogen (secondary N) is 1. The first-order valence-electron chi connectivity index (χ1n) is 11.2. The summed E-state index contributed by atoms with van der Waals surface area (Å²) in [5, 5.41) is 3.85. The van der Waals surface area contributed by atoms with Gasteiger partial charge in [0.1, 0.15) is 11.9 Å². The number of amides is 2. The van der Waals surface area contributed by atoms with Crippen LogP contribution >= 0.6 is 11.3 Å². The maximum atomic E-state index is 13.8. The normalized spacial score (nSPS) is 19.6. The lowest BCUT2D eigenvalue weighted by Gasteiger charge is -2.34. The molecule has 1 N–H and O–H groups in total. The Morgan fingerprint density at radius 3 is 2.62 bits per heavy atom. The van der Waals surface area contributed by atoms with E-state index in [0.717, 1.165) is 30.2 Å². The van der Waals surface area contributed by atoms with Crippen LogP contribution in [0.5, 0.6) is 0 Å². The molecule has 2 saturated heterocycles. The second-order valence-electron chi connectivity index (χ2n) is 8.45. The van der Waals surface area contributed by atoms with Gasteiger partial charge in [0.25, 0.3) is 5.91 Å². The van der Waals surface area contributed by atoms with Crippen molar-refractivity contribution in [2.45, 2.75) is 44.0 Å². The monoisotopic (exact) mass is 500 g/mol. The van der Waals surface area contributed by atoms with Gasteiger partial charge in [-0.1, -0.05) is 0 Å². The maximum Gasteiger partial charge on any atom is 0.417 e. The Labute approximate surface area is 199 Å². The van der Waals surface area contributed by atoms with Crippen molar-refractivity contribution in [3.8, 4) is 0 Å². The van der Waals surface area contributed by atoms with E-state index in [1.54, 1.807) is 16.9 Å². The van der Waals surface area contributed by atoms with Gasteiger partial charge in [0.2, 0.25) is 0 Å². The third kappa shape index (κ3) is 4.92. The van der Waals surface area contributed by atoms with Gasteiger partial charge in [-0.3, -0.25) is 4.79 Å². The Bertz CT molecular complexity index is 1050. The molecule has 186 valence electrons. The van der Waals surface area contributed by atoms with E-state index in [1.165, 1.54) is 12.4 Å². The topological polar surface area (TPSA) is 84.0 Å². The molecule has 2 aromatic rings. The van der Waals surface area contributed by atoms with Crippen molar-refractivity contribution in [1.29, 1.82) is 0 Å². The van der Waals surface area contributed by atoms with Crippen molar-refractivity contribution in [2.75, 3.05) is 45.3 Å². The van der Waals surface area contributed by atoms with Crippen LogP contribution in [0.15, 0.2) is 11.4 Å². The summed E-state index contributed by atoms with van der Waals surface area (Å²) < 4.78 is 52.2. The summed E-state index contributed by atoms with van der Waals surface area (Å²) in [6.45, 7) is 1.86. The number of carbonyl (C=O) groups is 2. The van der Waals surface area contributed by atoms with Crippen LogP contribution < -0.4 is 10.2 Å². The van der Waals surface area contributed by atoms with Gasteiger partial charge in [-0.05, 0) is 18.9 Å². The van der Waals surface area contributed by atoms with Crippen LogP contribution in [-0.2, 0) is 15.7 Å². The fraction of sp³-hybridized carbons (Fsp3) is 0.591. The fourth-order valence-electron chi connectivity index (χ4n) is 4.52. The lowest BCUT2D eigenvalue weighted by atomic mass is 10.1. The maximum absolute atomic E-state index is 13.8. The predicted octanol–water partition coefficient (Wildman–Crippen LogP) is 3.89. The highest BCUT2D eigenvalue weighted by atomic mass is 32.1. The van der Waals surface area contributed by atoms with Crippen LogP contribution in [0, 0.1) is 0 Å². The largest absolute Gasteiger partial charge is 0.446 e. The van der Waals surface area contributed by atoms with Crippen molar-refractivity contribution >= 4 is 39.4 Å². The molecule has 8 nitrogen and oxygen atoms in total. The molecule has 2 aliphatic rings. The van der Waals surface area contributed by atoms with Gasteiger partial charge in [0.15, 0.2) is 0 Å². The molecule has 0 unspecified atom stereocenters. The zero-order valence-corrected chi connectivity index (χ0v) is 19.8. The number of methoxy groups -OCH3 is 1. The van der Waals surface area contributed by atoms with E-state index in [9.17, 15) is 22.8 Å². The summed E-state index contributed by atoms with van der Waals surface area (Å²) in [4.78, 5) is 32.6. The van der Waals surface area contributed by atoms with Crippen LogP contribution in [0.1, 0.15) is 41.6 Å². The second-order valence-corrected chi connectivity index (χ2v) is 9.33. The summed E-state index contributed by atoms with van der Waals surface area (Å²) >= 11 is 0.856. The molecular formula is C22H27F3N4O4S. The van der Waals surface area contributed by atoms with Gasteiger partial charge in [0.05, 0.1) is 34.0 Å². The number of carbonyl (C=O) groups excluding carboxylic acids is 2. The van der Waals surface area contributed by atoms with Crippen molar-refractivity contribution in [3.63, 3.8) is 0 Å². The second kappa shape index (κ2) is 9.95. The van der Waals surface area contributed by atoms with E-state index in [2.05, 4.69) is 10.3 Å².